The van der Waals surface area contributed by atoms with Gasteiger partial charge in [-0.15, -0.1) is 0 Å². The second kappa shape index (κ2) is 8.45. The van der Waals surface area contributed by atoms with E-state index in [9.17, 15) is 9.59 Å². The maximum absolute atomic E-state index is 12.6. The summed E-state index contributed by atoms with van der Waals surface area (Å²) >= 11 is 0. The number of imidazole rings is 1. The predicted octanol–water partition coefficient (Wildman–Crippen LogP) is 3.51. The number of benzene rings is 2. The third-order valence-corrected chi connectivity index (χ3v) is 5.23. The van der Waals surface area contributed by atoms with E-state index in [1.807, 2.05) is 29.2 Å². The average Bonchev–Trinajstić information content (AvgIpc) is 2.97. The molecule has 150 valence electrons. The summed E-state index contributed by atoms with van der Waals surface area (Å²) in [5.74, 6) is 0.967. The maximum Gasteiger partial charge on any atom is 0.321 e. The molecule has 1 saturated heterocycles. The number of urea groups is 1. The Labute approximate surface area is 169 Å². The molecule has 4 rings (SSSR count). The van der Waals surface area contributed by atoms with E-state index in [1.165, 1.54) is 6.92 Å². The van der Waals surface area contributed by atoms with Gasteiger partial charge in [0.2, 0.25) is 0 Å². The number of aromatic nitrogens is 2. The molecule has 7 heteroatoms. The first kappa shape index (κ1) is 19.1. The first-order valence-electron chi connectivity index (χ1n) is 9.91. The van der Waals surface area contributed by atoms with Crippen molar-refractivity contribution < 1.29 is 9.59 Å². The number of amides is 2. The van der Waals surface area contributed by atoms with Crippen LogP contribution in [0.2, 0.25) is 0 Å². The van der Waals surface area contributed by atoms with Crippen LogP contribution in [0.4, 0.5) is 10.5 Å². The van der Waals surface area contributed by atoms with Gasteiger partial charge in [0.15, 0.2) is 5.78 Å². The average molecular weight is 391 g/mol. The number of hydrogen-bond donors (Lipinski definition) is 2. The van der Waals surface area contributed by atoms with Gasteiger partial charge in [-0.2, -0.15) is 0 Å². The van der Waals surface area contributed by atoms with Gasteiger partial charge in [0.25, 0.3) is 0 Å². The molecule has 2 N–H and O–H groups in total. The predicted molar refractivity (Wildman–Crippen MR) is 113 cm³/mol. The maximum atomic E-state index is 12.6. The monoisotopic (exact) mass is 391 g/mol. The van der Waals surface area contributed by atoms with Gasteiger partial charge in [0.1, 0.15) is 5.82 Å². The Balaban J connectivity index is 1.33. The van der Waals surface area contributed by atoms with Crippen molar-refractivity contribution in [3.63, 3.8) is 0 Å². The molecule has 7 nitrogen and oxygen atoms in total. The number of ketones is 1. The molecule has 0 saturated carbocycles. The molecule has 0 unspecified atom stereocenters. The lowest BCUT2D eigenvalue weighted by Gasteiger charge is -2.22. The molecule has 3 aromatic rings. The van der Waals surface area contributed by atoms with Gasteiger partial charge >= 0.3 is 6.03 Å². The number of para-hydroxylation sites is 2. The number of Topliss-reactive ketones (excluding diaryl/α,β-unsaturated/α-hetero) is 1. The van der Waals surface area contributed by atoms with Crippen molar-refractivity contribution in [1.29, 1.82) is 0 Å². The summed E-state index contributed by atoms with van der Waals surface area (Å²) in [6.07, 6.45) is 0.914. The third-order valence-electron chi connectivity index (χ3n) is 5.23. The summed E-state index contributed by atoms with van der Waals surface area (Å²) in [5, 5.41) is 2.93. The van der Waals surface area contributed by atoms with Crippen LogP contribution in [0.5, 0.6) is 0 Å². The topological polar surface area (TPSA) is 81.3 Å². The molecule has 1 aliphatic heterocycles. The van der Waals surface area contributed by atoms with E-state index in [0.717, 1.165) is 42.9 Å². The fraction of sp³-hybridized carbons (Fsp3) is 0.318. The number of carbonyl (C=O) groups excluding carboxylic acids is 2. The van der Waals surface area contributed by atoms with E-state index in [-0.39, 0.29) is 11.8 Å². The zero-order valence-corrected chi connectivity index (χ0v) is 16.5. The van der Waals surface area contributed by atoms with E-state index in [0.29, 0.717) is 24.3 Å². The third kappa shape index (κ3) is 4.63. The van der Waals surface area contributed by atoms with E-state index < -0.39 is 0 Å². The molecule has 0 atom stereocenters. The number of anilines is 1. The molecular weight excluding hydrogens is 366 g/mol. The molecule has 0 aliphatic carbocycles. The van der Waals surface area contributed by atoms with Crippen molar-refractivity contribution in [3.8, 4) is 0 Å². The summed E-state index contributed by atoms with van der Waals surface area (Å²) in [4.78, 5) is 36.2. The summed E-state index contributed by atoms with van der Waals surface area (Å²) < 4.78 is 0. The van der Waals surface area contributed by atoms with Crippen molar-refractivity contribution in [2.24, 2.45) is 0 Å². The molecule has 0 spiro atoms. The zero-order chi connectivity index (χ0) is 20.2. The summed E-state index contributed by atoms with van der Waals surface area (Å²) in [6.45, 7) is 5.38. The molecule has 1 aromatic heterocycles. The van der Waals surface area contributed by atoms with Gasteiger partial charge in [0, 0.05) is 37.4 Å². The Morgan fingerprint density at radius 2 is 1.83 bits per heavy atom. The number of nitrogens with zero attached hydrogens (tertiary/aromatic N) is 3. The molecule has 0 bridgehead atoms. The second-order valence-electron chi connectivity index (χ2n) is 7.38. The molecular formula is C22H25N5O2. The van der Waals surface area contributed by atoms with Gasteiger partial charge in [-0.05, 0) is 49.7 Å². The first-order valence-corrected chi connectivity index (χ1v) is 9.91. The lowest BCUT2D eigenvalue weighted by Crippen LogP contribution is -2.38. The largest absolute Gasteiger partial charge is 0.341 e. The van der Waals surface area contributed by atoms with E-state index in [2.05, 4.69) is 20.2 Å². The number of rotatable bonds is 4. The Morgan fingerprint density at radius 3 is 2.59 bits per heavy atom. The van der Waals surface area contributed by atoms with Crippen molar-refractivity contribution in [2.75, 3.05) is 31.5 Å². The number of hydrogen-bond acceptors (Lipinski definition) is 4. The minimum Gasteiger partial charge on any atom is -0.341 e. The SMILES string of the molecule is CC(=O)c1ccc(NC(=O)N2CCCN(Cc3nc4ccccc4[nH]3)CC2)cc1. The smallest absolute Gasteiger partial charge is 0.321 e. The number of H-pyrrole nitrogens is 1. The van der Waals surface area contributed by atoms with E-state index in [1.54, 1.807) is 24.3 Å². The molecule has 1 aliphatic rings. The van der Waals surface area contributed by atoms with Gasteiger partial charge in [-0.25, -0.2) is 9.78 Å². The van der Waals surface area contributed by atoms with Gasteiger partial charge in [-0.1, -0.05) is 12.1 Å². The Hall–Kier alpha value is -3.19. The fourth-order valence-corrected chi connectivity index (χ4v) is 3.62. The zero-order valence-electron chi connectivity index (χ0n) is 16.5. The van der Waals surface area contributed by atoms with Crippen molar-refractivity contribution in [1.82, 2.24) is 19.8 Å². The van der Waals surface area contributed by atoms with Crippen LogP contribution in [0.25, 0.3) is 11.0 Å². The summed E-state index contributed by atoms with van der Waals surface area (Å²) in [5.41, 5.74) is 3.37. The summed E-state index contributed by atoms with van der Waals surface area (Å²) in [7, 11) is 0. The lowest BCUT2D eigenvalue weighted by molar-refractivity contribution is 0.101. The van der Waals surface area contributed by atoms with Crippen molar-refractivity contribution >= 4 is 28.5 Å². The molecule has 2 amide bonds. The van der Waals surface area contributed by atoms with Crippen LogP contribution in [0.15, 0.2) is 48.5 Å². The second-order valence-corrected chi connectivity index (χ2v) is 7.38. The van der Waals surface area contributed by atoms with Gasteiger partial charge in [-0.3, -0.25) is 9.69 Å². The minimum atomic E-state index is -0.105. The van der Waals surface area contributed by atoms with Crippen LogP contribution in [0, 0.1) is 0 Å². The van der Waals surface area contributed by atoms with Crippen LogP contribution in [-0.2, 0) is 6.54 Å². The minimum absolute atomic E-state index is 0.0138. The van der Waals surface area contributed by atoms with Gasteiger partial charge in [0.05, 0.1) is 17.6 Å². The number of carbonyl (C=O) groups is 2. The quantitative estimate of drug-likeness (QED) is 0.667. The highest BCUT2D eigenvalue weighted by Crippen LogP contribution is 2.15. The molecule has 2 aromatic carbocycles. The summed E-state index contributed by atoms with van der Waals surface area (Å²) in [6, 6.07) is 14.9. The molecule has 29 heavy (non-hydrogen) atoms. The van der Waals surface area contributed by atoms with Crippen LogP contribution >= 0.6 is 0 Å². The van der Waals surface area contributed by atoms with Crippen LogP contribution < -0.4 is 5.32 Å². The van der Waals surface area contributed by atoms with Gasteiger partial charge < -0.3 is 15.2 Å². The Bertz CT molecular complexity index is 978. The number of aromatic amines is 1. The Morgan fingerprint density at radius 1 is 1.03 bits per heavy atom. The van der Waals surface area contributed by atoms with Crippen molar-refractivity contribution in [2.45, 2.75) is 19.9 Å². The molecule has 0 radical (unpaired) electrons. The molecule has 2 heterocycles. The van der Waals surface area contributed by atoms with Crippen LogP contribution in [0.3, 0.4) is 0 Å². The van der Waals surface area contributed by atoms with Crippen LogP contribution in [-0.4, -0.2) is 57.8 Å². The highest BCUT2D eigenvalue weighted by atomic mass is 16.2. The first-order chi connectivity index (χ1) is 14.1. The standard InChI is InChI=1S/C22H25N5O2/c1-16(28)17-7-9-18(10-8-17)23-22(29)27-12-4-11-26(13-14-27)15-21-24-19-5-2-3-6-20(19)25-21/h2-3,5-10H,4,11-15H2,1H3,(H,23,29)(H,24,25). The highest BCUT2D eigenvalue weighted by Gasteiger charge is 2.20. The van der Waals surface area contributed by atoms with E-state index in [4.69, 9.17) is 0 Å². The lowest BCUT2D eigenvalue weighted by atomic mass is 10.1. The van der Waals surface area contributed by atoms with Crippen molar-refractivity contribution in [3.05, 3.63) is 59.9 Å². The number of nitrogens with one attached hydrogen (secondary N) is 2. The van der Waals surface area contributed by atoms with Crippen LogP contribution in [0.1, 0.15) is 29.5 Å². The molecule has 1 fully saturated rings. The Kier molecular flexibility index (Phi) is 5.57. The number of fused-ring (bicyclic) bond motifs is 1. The fourth-order valence-electron chi connectivity index (χ4n) is 3.62. The van der Waals surface area contributed by atoms with E-state index >= 15 is 0 Å². The highest BCUT2D eigenvalue weighted by molar-refractivity contribution is 5.95. The normalized spacial score (nSPS) is 15.3.